The second kappa shape index (κ2) is 10.9. The number of carbonyl (C=O) groups excluding carboxylic acids is 2. The second-order valence-corrected chi connectivity index (χ2v) is 9.92. The number of anilines is 1. The molecule has 9 heteroatoms. The highest BCUT2D eigenvalue weighted by molar-refractivity contribution is 5.83. The normalized spacial score (nSPS) is 21.3. The largest absolute Gasteiger partial charge is 0.417 e. The average Bonchev–Trinajstić information content (AvgIpc) is 3.28. The van der Waals surface area contributed by atoms with Gasteiger partial charge < -0.3 is 14.7 Å². The van der Waals surface area contributed by atoms with Crippen LogP contribution in [0.5, 0.6) is 0 Å². The zero-order chi connectivity index (χ0) is 25.9. The molecular weight excluding hydrogens is 457 g/mol. The first-order valence-electron chi connectivity index (χ1n) is 12.4. The molecular formula is C26H35F3N4O2. The summed E-state index contributed by atoms with van der Waals surface area (Å²) in [6.45, 7) is 6.12. The van der Waals surface area contributed by atoms with Crippen LogP contribution in [0.25, 0.3) is 0 Å². The number of amides is 2. The van der Waals surface area contributed by atoms with Gasteiger partial charge >= 0.3 is 6.18 Å². The second-order valence-electron chi connectivity index (χ2n) is 9.92. The van der Waals surface area contributed by atoms with Gasteiger partial charge in [-0.25, -0.2) is 0 Å². The molecule has 0 radical (unpaired) electrons. The minimum Gasteiger partial charge on any atom is -0.372 e. The Labute approximate surface area is 205 Å². The van der Waals surface area contributed by atoms with E-state index in [4.69, 9.17) is 5.26 Å². The van der Waals surface area contributed by atoms with Crippen LogP contribution in [0.4, 0.5) is 18.9 Å². The van der Waals surface area contributed by atoms with Crippen molar-refractivity contribution in [3.05, 3.63) is 29.3 Å². The molecule has 1 aromatic rings. The average molecular weight is 493 g/mol. The quantitative estimate of drug-likeness (QED) is 0.591. The third kappa shape index (κ3) is 5.74. The van der Waals surface area contributed by atoms with Crippen LogP contribution in [0.15, 0.2) is 18.2 Å². The maximum absolute atomic E-state index is 13.4. The van der Waals surface area contributed by atoms with Gasteiger partial charge in [0.1, 0.15) is 0 Å². The van der Waals surface area contributed by atoms with Crippen molar-refractivity contribution < 1.29 is 22.8 Å². The molecule has 2 aliphatic rings. The van der Waals surface area contributed by atoms with E-state index in [2.05, 4.69) is 0 Å². The molecule has 6 nitrogen and oxygen atoms in total. The Balaban J connectivity index is 1.75. The number of hydrogen-bond donors (Lipinski definition) is 0. The fraction of sp³-hybridized carbons (Fsp3) is 0.654. The van der Waals surface area contributed by atoms with E-state index in [-0.39, 0.29) is 41.0 Å². The van der Waals surface area contributed by atoms with Gasteiger partial charge in [-0.1, -0.05) is 13.8 Å². The number of nitriles is 1. The molecule has 2 saturated heterocycles. The summed E-state index contributed by atoms with van der Waals surface area (Å²) in [5.41, 5.74) is -0.843. The van der Waals surface area contributed by atoms with Gasteiger partial charge in [-0.15, -0.1) is 0 Å². The van der Waals surface area contributed by atoms with Crippen LogP contribution >= 0.6 is 0 Å². The first-order chi connectivity index (χ1) is 16.5. The first-order valence-corrected chi connectivity index (χ1v) is 12.4. The van der Waals surface area contributed by atoms with E-state index in [1.54, 1.807) is 31.1 Å². The summed E-state index contributed by atoms with van der Waals surface area (Å²) in [5, 5.41) is 9.05. The van der Waals surface area contributed by atoms with Gasteiger partial charge in [0.05, 0.1) is 23.1 Å². The molecule has 2 heterocycles. The lowest BCUT2D eigenvalue weighted by molar-refractivity contribution is -0.138. The van der Waals surface area contributed by atoms with Crippen molar-refractivity contribution in [3.63, 3.8) is 0 Å². The highest BCUT2D eigenvalue weighted by atomic mass is 19.4. The van der Waals surface area contributed by atoms with E-state index in [9.17, 15) is 22.8 Å². The molecule has 0 spiro atoms. The molecule has 35 heavy (non-hydrogen) atoms. The standard InChI is InChI=1S/C26H35F3N4O2/c1-5-17(6-2)24(34)33-15-21(22(16-33)25(35)31(3)4)18-9-11-32(12-10-18)20-8-7-19(14-30)23(13-20)26(27,28)29/h7-8,13,17-18,21-22H,5-6,9-12,15-16H2,1-4H3/t21-,22+/m0/s1. The van der Waals surface area contributed by atoms with Crippen LogP contribution < -0.4 is 4.90 Å². The summed E-state index contributed by atoms with van der Waals surface area (Å²) in [6.07, 6.45) is -1.59. The fourth-order valence-corrected chi connectivity index (χ4v) is 5.62. The summed E-state index contributed by atoms with van der Waals surface area (Å²) in [4.78, 5) is 31.4. The number of nitrogens with zero attached hydrogens (tertiary/aromatic N) is 4. The Bertz CT molecular complexity index is 960. The topological polar surface area (TPSA) is 67.7 Å². The number of hydrogen-bond acceptors (Lipinski definition) is 4. The molecule has 0 N–H and O–H groups in total. The Morgan fingerprint density at radius 2 is 1.77 bits per heavy atom. The van der Waals surface area contributed by atoms with Gasteiger partial charge in [0.15, 0.2) is 0 Å². The highest BCUT2D eigenvalue weighted by Gasteiger charge is 2.45. The Morgan fingerprint density at radius 1 is 1.14 bits per heavy atom. The number of piperidine rings is 1. The van der Waals surface area contributed by atoms with E-state index in [1.807, 2.05) is 23.6 Å². The van der Waals surface area contributed by atoms with Gasteiger partial charge in [-0.3, -0.25) is 9.59 Å². The summed E-state index contributed by atoms with van der Waals surface area (Å²) < 4.78 is 40.2. The molecule has 192 valence electrons. The number of alkyl halides is 3. The minimum absolute atomic E-state index is 0.0270. The third-order valence-electron chi connectivity index (χ3n) is 7.71. The zero-order valence-electron chi connectivity index (χ0n) is 20.9. The molecule has 0 saturated carbocycles. The predicted octanol–water partition coefficient (Wildman–Crippen LogP) is 4.39. The summed E-state index contributed by atoms with van der Waals surface area (Å²) in [6, 6.07) is 5.48. The number of halogens is 3. The van der Waals surface area contributed by atoms with Crippen molar-refractivity contribution in [3.8, 4) is 6.07 Å². The Morgan fingerprint density at radius 3 is 2.29 bits per heavy atom. The highest BCUT2D eigenvalue weighted by Crippen LogP contribution is 2.39. The van der Waals surface area contributed by atoms with Crippen LogP contribution in [0.1, 0.15) is 50.7 Å². The van der Waals surface area contributed by atoms with Crippen molar-refractivity contribution in [1.82, 2.24) is 9.80 Å². The van der Waals surface area contributed by atoms with Gasteiger partial charge in [-0.05, 0) is 55.7 Å². The molecule has 0 aliphatic carbocycles. The lowest BCUT2D eigenvalue weighted by Gasteiger charge is -2.38. The van der Waals surface area contributed by atoms with E-state index < -0.39 is 11.7 Å². The van der Waals surface area contributed by atoms with Crippen LogP contribution in [0, 0.1) is 35.0 Å². The molecule has 2 aliphatic heterocycles. The third-order valence-corrected chi connectivity index (χ3v) is 7.71. The Kier molecular flexibility index (Phi) is 8.34. The fourth-order valence-electron chi connectivity index (χ4n) is 5.62. The lowest BCUT2D eigenvalue weighted by Crippen LogP contribution is -2.41. The number of carbonyl (C=O) groups is 2. The summed E-state index contributed by atoms with van der Waals surface area (Å²) >= 11 is 0. The van der Waals surface area contributed by atoms with Crippen molar-refractivity contribution in [2.45, 2.75) is 45.7 Å². The van der Waals surface area contributed by atoms with Gasteiger partial charge in [0.2, 0.25) is 11.8 Å². The molecule has 2 amide bonds. The molecule has 1 aromatic carbocycles. The van der Waals surface area contributed by atoms with Crippen LogP contribution in [0.2, 0.25) is 0 Å². The summed E-state index contributed by atoms with van der Waals surface area (Å²) in [7, 11) is 3.47. The van der Waals surface area contributed by atoms with Crippen molar-refractivity contribution in [2.75, 3.05) is 45.2 Å². The van der Waals surface area contributed by atoms with E-state index in [0.29, 0.717) is 31.9 Å². The van der Waals surface area contributed by atoms with Gasteiger partial charge in [0, 0.05) is 51.9 Å². The number of likely N-dealkylation sites (tertiary alicyclic amines) is 1. The monoisotopic (exact) mass is 492 g/mol. The molecule has 2 fully saturated rings. The first kappa shape index (κ1) is 26.8. The van der Waals surface area contributed by atoms with Gasteiger partial charge in [0.25, 0.3) is 0 Å². The molecule has 0 aromatic heterocycles. The van der Waals surface area contributed by atoms with Crippen molar-refractivity contribution >= 4 is 17.5 Å². The number of rotatable bonds is 6. The molecule has 0 bridgehead atoms. The smallest absolute Gasteiger partial charge is 0.372 e. The van der Waals surface area contributed by atoms with Crippen molar-refractivity contribution in [2.24, 2.45) is 23.7 Å². The molecule has 0 unspecified atom stereocenters. The number of benzene rings is 1. The zero-order valence-corrected chi connectivity index (χ0v) is 20.9. The van der Waals surface area contributed by atoms with E-state index >= 15 is 0 Å². The van der Waals surface area contributed by atoms with Gasteiger partial charge in [-0.2, -0.15) is 18.4 Å². The van der Waals surface area contributed by atoms with Crippen LogP contribution in [-0.4, -0.2) is 61.9 Å². The summed E-state index contributed by atoms with van der Waals surface area (Å²) in [5.74, 6) is 0.0941. The SMILES string of the molecule is CCC(CC)C(=O)N1C[C@@H](C(=O)N(C)C)[C@H](C2CCN(c3ccc(C#N)c(C(F)(F)F)c3)CC2)C1. The predicted molar refractivity (Wildman–Crippen MR) is 127 cm³/mol. The maximum Gasteiger partial charge on any atom is 0.417 e. The molecule has 2 atom stereocenters. The Hall–Kier alpha value is -2.76. The minimum atomic E-state index is -4.59. The van der Waals surface area contributed by atoms with Crippen LogP contribution in [-0.2, 0) is 15.8 Å². The van der Waals surface area contributed by atoms with Crippen LogP contribution in [0.3, 0.4) is 0 Å². The molecule has 3 rings (SSSR count). The van der Waals surface area contributed by atoms with E-state index in [1.165, 1.54) is 6.07 Å². The van der Waals surface area contributed by atoms with E-state index in [0.717, 1.165) is 31.7 Å². The lowest BCUT2D eigenvalue weighted by atomic mass is 9.78. The maximum atomic E-state index is 13.4. The van der Waals surface area contributed by atoms with Crippen molar-refractivity contribution in [1.29, 1.82) is 5.26 Å².